The van der Waals surface area contributed by atoms with E-state index in [0.717, 1.165) is 37.0 Å². The molecule has 0 aromatic rings. The monoisotopic (exact) mass is 464 g/mol. The lowest BCUT2D eigenvalue weighted by Crippen LogP contribution is -1.96. The number of carbonyl (C=O) groups excluding carboxylic acids is 1. The van der Waals surface area contributed by atoms with E-state index in [-0.39, 0.29) is 5.97 Å². The zero-order chi connectivity index (χ0) is 25.0. The van der Waals surface area contributed by atoms with Gasteiger partial charge in [0, 0.05) is 19.3 Å². The summed E-state index contributed by atoms with van der Waals surface area (Å²) in [6.45, 7) is 17.8. The van der Waals surface area contributed by atoms with E-state index >= 15 is 0 Å². The van der Waals surface area contributed by atoms with Crippen molar-refractivity contribution in [2.75, 3.05) is 0 Å². The second-order valence-electron chi connectivity index (χ2n) is 9.04. The molecule has 0 aliphatic carbocycles. The zero-order valence-electron chi connectivity index (χ0n) is 22.6. The maximum atomic E-state index is 10.3. The highest BCUT2D eigenvalue weighted by Gasteiger charge is 2.01. The molecule has 0 aliphatic heterocycles. The highest BCUT2D eigenvalue weighted by molar-refractivity contribution is 5.69. The first-order valence-corrected chi connectivity index (χ1v) is 13.8. The van der Waals surface area contributed by atoms with Crippen molar-refractivity contribution in [1.82, 2.24) is 0 Å². The molecular formula is C30H56O3. The van der Waals surface area contributed by atoms with Crippen LogP contribution < -0.4 is 0 Å². The van der Waals surface area contributed by atoms with Gasteiger partial charge in [0.05, 0.1) is 17.8 Å². The van der Waals surface area contributed by atoms with Gasteiger partial charge in [-0.15, -0.1) is 0 Å². The molecule has 3 nitrogen and oxygen atoms in total. The van der Waals surface area contributed by atoms with Crippen molar-refractivity contribution in [3.8, 4) is 0 Å². The van der Waals surface area contributed by atoms with Crippen molar-refractivity contribution in [2.24, 2.45) is 0 Å². The number of rotatable bonds is 23. The van der Waals surface area contributed by atoms with Gasteiger partial charge in [-0.2, -0.15) is 0 Å². The van der Waals surface area contributed by atoms with Crippen LogP contribution in [0, 0.1) is 0 Å². The Labute approximate surface area is 207 Å². The molecule has 194 valence electrons. The van der Waals surface area contributed by atoms with Crippen molar-refractivity contribution >= 4 is 5.97 Å². The van der Waals surface area contributed by atoms with Gasteiger partial charge in [0.1, 0.15) is 0 Å². The SMILES string of the molecule is C=C(CCCCCCCCCC)OC(=C)CCCCCCCCCC.C=COC(=O)CCC. The minimum absolute atomic E-state index is 0.206. The Bertz CT molecular complexity index is 437. The van der Waals surface area contributed by atoms with Crippen molar-refractivity contribution in [2.45, 2.75) is 149 Å². The van der Waals surface area contributed by atoms with Gasteiger partial charge >= 0.3 is 5.97 Å². The number of ether oxygens (including phenoxy) is 2. The van der Waals surface area contributed by atoms with E-state index in [9.17, 15) is 4.79 Å². The predicted octanol–water partition coefficient (Wildman–Crippen LogP) is 10.6. The Hall–Kier alpha value is -1.51. The highest BCUT2D eigenvalue weighted by Crippen LogP contribution is 2.18. The first-order chi connectivity index (χ1) is 16.0. The summed E-state index contributed by atoms with van der Waals surface area (Å²) in [7, 11) is 0. The second-order valence-corrected chi connectivity index (χ2v) is 9.04. The molecule has 33 heavy (non-hydrogen) atoms. The van der Waals surface area contributed by atoms with Crippen LogP contribution in [0.25, 0.3) is 0 Å². The molecule has 0 atom stereocenters. The van der Waals surface area contributed by atoms with Crippen molar-refractivity contribution < 1.29 is 14.3 Å². The summed E-state index contributed by atoms with van der Waals surface area (Å²) < 4.78 is 10.2. The highest BCUT2D eigenvalue weighted by atomic mass is 16.5. The minimum Gasteiger partial charge on any atom is -0.467 e. The fourth-order valence-electron chi connectivity index (χ4n) is 3.57. The summed E-state index contributed by atoms with van der Waals surface area (Å²) in [5.41, 5.74) is 0. The molecule has 0 heterocycles. The standard InChI is InChI=1S/C24H46O.C6H10O2/c1-5-7-9-11-13-15-17-19-21-23(3)25-24(4)22-20-18-16-14-12-10-8-6-2;1-3-5-6(7)8-4-2/h3-22H2,1-2H3;4H,2-3,5H2,1H3. The minimum atomic E-state index is -0.206. The van der Waals surface area contributed by atoms with Crippen LogP contribution in [0.1, 0.15) is 149 Å². The summed E-state index contributed by atoms with van der Waals surface area (Å²) in [4.78, 5) is 10.3. The van der Waals surface area contributed by atoms with Crippen LogP contribution in [0.3, 0.4) is 0 Å². The van der Waals surface area contributed by atoms with Gasteiger partial charge < -0.3 is 9.47 Å². The summed E-state index contributed by atoms with van der Waals surface area (Å²) in [6.07, 6.45) is 26.0. The molecule has 0 rings (SSSR count). The van der Waals surface area contributed by atoms with E-state index in [1.807, 2.05) is 6.92 Å². The van der Waals surface area contributed by atoms with Gasteiger partial charge in [0.2, 0.25) is 0 Å². The fraction of sp³-hybridized carbons (Fsp3) is 0.767. The number of hydrogen-bond acceptors (Lipinski definition) is 3. The van der Waals surface area contributed by atoms with E-state index in [1.54, 1.807) is 0 Å². The predicted molar refractivity (Wildman–Crippen MR) is 145 cm³/mol. The van der Waals surface area contributed by atoms with Crippen LogP contribution in [0.15, 0.2) is 37.5 Å². The van der Waals surface area contributed by atoms with Crippen LogP contribution in [-0.4, -0.2) is 5.97 Å². The normalized spacial score (nSPS) is 10.2. The third-order valence-corrected chi connectivity index (χ3v) is 5.58. The molecule has 0 aliphatic rings. The zero-order valence-corrected chi connectivity index (χ0v) is 22.6. The van der Waals surface area contributed by atoms with Crippen LogP contribution in [0.2, 0.25) is 0 Å². The summed E-state index contributed by atoms with van der Waals surface area (Å²) in [5, 5.41) is 0. The number of unbranched alkanes of at least 4 members (excludes halogenated alkanes) is 14. The van der Waals surface area contributed by atoms with Crippen LogP contribution in [0.5, 0.6) is 0 Å². The van der Waals surface area contributed by atoms with E-state index in [1.165, 1.54) is 103 Å². The Balaban J connectivity index is 0. The molecule has 0 saturated carbocycles. The van der Waals surface area contributed by atoms with Gasteiger partial charge in [0.25, 0.3) is 0 Å². The quantitative estimate of drug-likeness (QED) is 0.0856. The van der Waals surface area contributed by atoms with E-state index in [2.05, 4.69) is 38.3 Å². The third-order valence-electron chi connectivity index (χ3n) is 5.58. The average Bonchev–Trinajstić information content (AvgIpc) is 2.78. The molecule has 0 aromatic carbocycles. The summed E-state index contributed by atoms with van der Waals surface area (Å²) >= 11 is 0. The number of carbonyl (C=O) groups is 1. The van der Waals surface area contributed by atoms with Crippen LogP contribution in [0.4, 0.5) is 0 Å². The lowest BCUT2D eigenvalue weighted by molar-refractivity contribution is -0.137. The molecule has 0 radical (unpaired) electrons. The lowest BCUT2D eigenvalue weighted by atomic mass is 10.1. The van der Waals surface area contributed by atoms with Gasteiger partial charge in [-0.05, 0) is 19.3 Å². The molecule has 0 amide bonds. The maximum absolute atomic E-state index is 10.3. The van der Waals surface area contributed by atoms with Gasteiger partial charge in [-0.3, -0.25) is 4.79 Å². The second kappa shape index (κ2) is 28.5. The molecular weight excluding hydrogens is 408 g/mol. The molecule has 0 N–H and O–H groups in total. The lowest BCUT2D eigenvalue weighted by Gasteiger charge is -2.11. The van der Waals surface area contributed by atoms with E-state index < -0.39 is 0 Å². The van der Waals surface area contributed by atoms with Gasteiger partial charge in [-0.1, -0.05) is 130 Å². The van der Waals surface area contributed by atoms with Crippen molar-refractivity contribution in [3.05, 3.63) is 37.5 Å². The molecule has 0 aromatic heterocycles. The van der Waals surface area contributed by atoms with Crippen LogP contribution >= 0.6 is 0 Å². The van der Waals surface area contributed by atoms with E-state index in [0.29, 0.717) is 6.42 Å². The maximum Gasteiger partial charge on any atom is 0.310 e. The fourth-order valence-corrected chi connectivity index (χ4v) is 3.57. The molecule has 0 unspecified atom stereocenters. The molecule has 0 spiro atoms. The molecule has 0 saturated heterocycles. The largest absolute Gasteiger partial charge is 0.467 e. The topological polar surface area (TPSA) is 35.5 Å². The van der Waals surface area contributed by atoms with Crippen molar-refractivity contribution in [3.63, 3.8) is 0 Å². The third kappa shape index (κ3) is 30.5. The molecule has 0 bridgehead atoms. The molecule has 3 heteroatoms. The Morgan fingerprint density at radius 3 is 1.27 bits per heavy atom. The average molecular weight is 465 g/mol. The van der Waals surface area contributed by atoms with Gasteiger partial charge in [-0.25, -0.2) is 0 Å². The molecule has 0 fully saturated rings. The number of esters is 1. The van der Waals surface area contributed by atoms with Crippen LogP contribution in [-0.2, 0) is 14.3 Å². The van der Waals surface area contributed by atoms with Crippen molar-refractivity contribution in [1.29, 1.82) is 0 Å². The first-order valence-electron chi connectivity index (χ1n) is 13.8. The Morgan fingerprint density at radius 1 is 0.576 bits per heavy atom. The number of hydrogen-bond donors (Lipinski definition) is 0. The van der Waals surface area contributed by atoms with E-state index in [4.69, 9.17) is 4.74 Å². The summed E-state index contributed by atoms with van der Waals surface area (Å²) in [6, 6.07) is 0. The smallest absolute Gasteiger partial charge is 0.310 e. The number of allylic oxidation sites excluding steroid dienone is 2. The first kappa shape index (κ1) is 33.7. The van der Waals surface area contributed by atoms with Gasteiger partial charge in [0.15, 0.2) is 0 Å². The Kier molecular flexibility index (Phi) is 29.1. The summed E-state index contributed by atoms with van der Waals surface area (Å²) in [5.74, 6) is 1.62. The Morgan fingerprint density at radius 2 is 0.939 bits per heavy atom.